The van der Waals surface area contributed by atoms with Crippen LogP contribution in [0.5, 0.6) is 5.75 Å². The van der Waals surface area contributed by atoms with Gasteiger partial charge in [0.15, 0.2) is 0 Å². The maximum absolute atomic E-state index is 5.34. The zero-order chi connectivity index (χ0) is 12.3. The number of hydrogen-bond donors (Lipinski definition) is 1. The summed E-state index contributed by atoms with van der Waals surface area (Å²) in [7, 11) is 1.69. The van der Waals surface area contributed by atoms with E-state index in [4.69, 9.17) is 4.74 Å². The van der Waals surface area contributed by atoms with E-state index in [1.54, 1.807) is 18.4 Å². The van der Waals surface area contributed by atoms with Gasteiger partial charge < -0.3 is 10.1 Å². The van der Waals surface area contributed by atoms with E-state index in [9.17, 15) is 0 Å². The fourth-order valence-corrected chi connectivity index (χ4v) is 2.31. The van der Waals surface area contributed by atoms with Crippen molar-refractivity contribution in [2.45, 2.75) is 19.9 Å². The van der Waals surface area contributed by atoms with E-state index in [0.29, 0.717) is 0 Å². The van der Waals surface area contributed by atoms with E-state index in [-0.39, 0.29) is 6.04 Å². The SMILES string of the molecule is COc1ccc(C)cc1NC(C)c1cncs1. The molecule has 0 bridgehead atoms. The number of hydrogen-bond acceptors (Lipinski definition) is 4. The summed E-state index contributed by atoms with van der Waals surface area (Å²) >= 11 is 1.65. The molecule has 0 amide bonds. The minimum absolute atomic E-state index is 0.234. The van der Waals surface area contributed by atoms with Gasteiger partial charge in [0, 0.05) is 11.1 Å². The number of ether oxygens (including phenoxy) is 1. The van der Waals surface area contributed by atoms with E-state index >= 15 is 0 Å². The fraction of sp³-hybridized carbons (Fsp3) is 0.308. The summed E-state index contributed by atoms with van der Waals surface area (Å²) in [6.07, 6.45) is 1.89. The number of thiazole rings is 1. The number of anilines is 1. The van der Waals surface area contributed by atoms with Gasteiger partial charge in [-0.1, -0.05) is 6.07 Å². The molecule has 0 radical (unpaired) electrons. The molecule has 0 spiro atoms. The molecule has 1 heterocycles. The second-order valence-corrected chi connectivity index (χ2v) is 4.89. The average Bonchev–Trinajstić information content (AvgIpc) is 2.83. The van der Waals surface area contributed by atoms with Crippen LogP contribution in [0.25, 0.3) is 0 Å². The third kappa shape index (κ3) is 2.77. The molecule has 0 aliphatic carbocycles. The molecule has 90 valence electrons. The molecule has 1 unspecified atom stereocenters. The predicted molar refractivity (Wildman–Crippen MR) is 71.9 cm³/mol. The Morgan fingerprint density at radius 3 is 2.88 bits per heavy atom. The normalized spacial score (nSPS) is 12.2. The number of aryl methyl sites for hydroxylation is 1. The van der Waals surface area contributed by atoms with Gasteiger partial charge in [-0.3, -0.25) is 4.98 Å². The first kappa shape index (κ1) is 11.9. The van der Waals surface area contributed by atoms with Crippen LogP contribution in [0, 0.1) is 6.92 Å². The van der Waals surface area contributed by atoms with Crippen LogP contribution in [-0.4, -0.2) is 12.1 Å². The molecule has 17 heavy (non-hydrogen) atoms. The largest absolute Gasteiger partial charge is 0.495 e. The number of rotatable bonds is 4. The zero-order valence-corrected chi connectivity index (χ0v) is 11.0. The van der Waals surface area contributed by atoms with E-state index in [2.05, 4.69) is 30.2 Å². The van der Waals surface area contributed by atoms with Crippen molar-refractivity contribution in [3.8, 4) is 5.75 Å². The summed E-state index contributed by atoms with van der Waals surface area (Å²) in [6.45, 7) is 4.19. The Kier molecular flexibility index (Phi) is 3.64. The Labute approximate surface area is 105 Å². The van der Waals surface area contributed by atoms with Gasteiger partial charge in [-0.15, -0.1) is 11.3 Å². The van der Waals surface area contributed by atoms with E-state index in [1.165, 1.54) is 10.4 Å². The second kappa shape index (κ2) is 5.19. The third-order valence-corrected chi connectivity index (χ3v) is 3.56. The van der Waals surface area contributed by atoms with Gasteiger partial charge in [-0.2, -0.15) is 0 Å². The first-order chi connectivity index (χ1) is 8.20. The fourth-order valence-electron chi connectivity index (χ4n) is 1.68. The summed E-state index contributed by atoms with van der Waals surface area (Å²) in [5.41, 5.74) is 4.08. The van der Waals surface area contributed by atoms with Crippen molar-refractivity contribution in [3.63, 3.8) is 0 Å². The highest BCUT2D eigenvalue weighted by Crippen LogP contribution is 2.29. The number of nitrogens with one attached hydrogen (secondary N) is 1. The lowest BCUT2D eigenvalue weighted by molar-refractivity contribution is 0.416. The van der Waals surface area contributed by atoms with Crippen LogP contribution in [0.3, 0.4) is 0 Å². The summed E-state index contributed by atoms with van der Waals surface area (Å²) in [6, 6.07) is 6.35. The van der Waals surface area contributed by atoms with Crippen molar-refractivity contribution in [1.82, 2.24) is 4.98 Å². The van der Waals surface area contributed by atoms with Gasteiger partial charge >= 0.3 is 0 Å². The van der Waals surface area contributed by atoms with Crippen molar-refractivity contribution >= 4 is 17.0 Å². The highest BCUT2D eigenvalue weighted by atomic mass is 32.1. The standard InChI is InChI=1S/C13H16N2OS/c1-9-4-5-12(16-3)11(6-9)15-10(2)13-7-14-8-17-13/h4-8,10,15H,1-3H3. The van der Waals surface area contributed by atoms with E-state index in [0.717, 1.165) is 11.4 Å². The predicted octanol–water partition coefficient (Wildman–Crippen LogP) is 3.63. The van der Waals surface area contributed by atoms with Crippen molar-refractivity contribution in [2.75, 3.05) is 12.4 Å². The molecule has 2 aromatic rings. The molecule has 3 nitrogen and oxygen atoms in total. The molecule has 0 aliphatic heterocycles. The van der Waals surface area contributed by atoms with Crippen molar-refractivity contribution in [2.24, 2.45) is 0 Å². The molecule has 1 N–H and O–H groups in total. The van der Waals surface area contributed by atoms with Gasteiger partial charge in [-0.05, 0) is 31.5 Å². The lowest BCUT2D eigenvalue weighted by atomic mass is 10.2. The van der Waals surface area contributed by atoms with Crippen molar-refractivity contribution in [1.29, 1.82) is 0 Å². The van der Waals surface area contributed by atoms with Crippen LogP contribution >= 0.6 is 11.3 Å². The maximum atomic E-state index is 5.34. The lowest BCUT2D eigenvalue weighted by Crippen LogP contribution is -2.06. The van der Waals surface area contributed by atoms with Gasteiger partial charge in [-0.25, -0.2) is 0 Å². The molecule has 4 heteroatoms. The van der Waals surface area contributed by atoms with Crippen LogP contribution in [-0.2, 0) is 0 Å². The summed E-state index contributed by atoms with van der Waals surface area (Å²) in [5.74, 6) is 0.868. The summed E-state index contributed by atoms with van der Waals surface area (Å²) in [5, 5.41) is 3.45. The summed E-state index contributed by atoms with van der Waals surface area (Å²) < 4.78 is 5.34. The van der Waals surface area contributed by atoms with E-state index in [1.807, 2.05) is 23.8 Å². The highest BCUT2D eigenvalue weighted by Gasteiger charge is 2.10. The molecule has 0 saturated carbocycles. The maximum Gasteiger partial charge on any atom is 0.141 e. The molecule has 0 saturated heterocycles. The molecule has 1 atom stereocenters. The van der Waals surface area contributed by atoms with Gasteiger partial charge in [0.1, 0.15) is 5.75 Å². The zero-order valence-electron chi connectivity index (χ0n) is 10.2. The van der Waals surface area contributed by atoms with Crippen LogP contribution in [0.1, 0.15) is 23.4 Å². The Balaban J connectivity index is 2.20. The minimum atomic E-state index is 0.234. The summed E-state index contributed by atoms with van der Waals surface area (Å²) in [4.78, 5) is 5.31. The quantitative estimate of drug-likeness (QED) is 0.897. The van der Waals surface area contributed by atoms with Crippen LogP contribution in [0.2, 0.25) is 0 Å². The van der Waals surface area contributed by atoms with Crippen molar-refractivity contribution in [3.05, 3.63) is 40.3 Å². The molecule has 0 aliphatic rings. The van der Waals surface area contributed by atoms with Gasteiger partial charge in [0.05, 0.1) is 24.3 Å². The highest BCUT2D eigenvalue weighted by molar-refractivity contribution is 7.09. The molecular formula is C13H16N2OS. The average molecular weight is 248 g/mol. The topological polar surface area (TPSA) is 34.1 Å². The Hall–Kier alpha value is -1.55. The molecule has 1 aromatic carbocycles. The van der Waals surface area contributed by atoms with Gasteiger partial charge in [0.25, 0.3) is 0 Å². The first-order valence-electron chi connectivity index (χ1n) is 5.50. The van der Waals surface area contributed by atoms with Crippen LogP contribution < -0.4 is 10.1 Å². The molecule has 2 rings (SSSR count). The monoisotopic (exact) mass is 248 g/mol. The Morgan fingerprint density at radius 2 is 2.24 bits per heavy atom. The molecular weight excluding hydrogens is 232 g/mol. The molecule has 0 fully saturated rings. The number of methoxy groups -OCH3 is 1. The lowest BCUT2D eigenvalue weighted by Gasteiger charge is -2.16. The van der Waals surface area contributed by atoms with Gasteiger partial charge in [0.2, 0.25) is 0 Å². The molecule has 1 aromatic heterocycles. The third-order valence-electron chi connectivity index (χ3n) is 2.61. The first-order valence-corrected chi connectivity index (χ1v) is 6.38. The Bertz CT molecular complexity index is 482. The van der Waals surface area contributed by atoms with Crippen molar-refractivity contribution < 1.29 is 4.74 Å². The van der Waals surface area contributed by atoms with E-state index < -0.39 is 0 Å². The van der Waals surface area contributed by atoms with Crippen LogP contribution in [0.4, 0.5) is 5.69 Å². The number of nitrogens with zero attached hydrogens (tertiary/aromatic N) is 1. The van der Waals surface area contributed by atoms with Crippen LogP contribution in [0.15, 0.2) is 29.9 Å². The number of benzene rings is 1. The Morgan fingerprint density at radius 1 is 1.41 bits per heavy atom. The second-order valence-electron chi connectivity index (χ2n) is 3.97. The minimum Gasteiger partial charge on any atom is -0.495 e. The smallest absolute Gasteiger partial charge is 0.141 e. The number of aromatic nitrogens is 1.